The number of aliphatic hydroxyl groups is 1. The Hall–Kier alpha value is -1.28. The summed E-state index contributed by atoms with van der Waals surface area (Å²) in [6.07, 6.45) is 7.76. The quantitative estimate of drug-likeness (QED) is 0.804. The number of fused-ring (bicyclic) bond motifs is 3. The van der Waals surface area contributed by atoms with Crippen LogP contribution in [-0.2, 0) is 18.4 Å². The summed E-state index contributed by atoms with van der Waals surface area (Å²) in [4.78, 5) is 0. The van der Waals surface area contributed by atoms with E-state index < -0.39 is 0 Å². The van der Waals surface area contributed by atoms with Crippen LogP contribution in [-0.4, -0.2) is 10.2 Å². The number of aromatic hydroxyl groups is 1. The molecule has 0 bridgehead atoms. The van der Waals surface area contributed by atoms with E-state index >= 15 is 0 Å². The van der Waals surface area contributed by atoms with E-state index in [1.807, 2.05) is 6.07 Å². The topological polar surface area (TPSA) is 40.5 Å². The smallest absolute Gasteiger partial charge is 0.116 e. The van der Waals surface area contributed by atoms with Crippen molar-refractivity contribution in [2.45, 2.75) is 58.0 Å². The number of phenolic OH excluding ortho intramolecular Hbond substituents is 1. The number of benzene rings is 1. The van der Waals surface area contributed by atoms with Crippen LogP contribution in [0.15, 0.2) is 24.8 Å². The molecule has 0 heterocycles. The standard InChI is InChI=1S/C19H26O2/c1-4-18(2)7-8-19(3)14(11-18)5-6-16-13(12-20)9-15(21)10-17(16)19/h4,9-10,14,20-21H,1,5-8,11-12H2,2-3H3. The normalized spacial score (nSPS) is 34.9. The van der Waals surface area contributed by atoms with E-state index in [0.717, 1.165) is 24.8 Å². The van der Waals surface area contributed by atoms with E-state index in [1.54, 1.807) is 6.07 Å². The molecule has 1 fully saturated rings. The van der Waals surface area contributed by atoms with Crippen molar-refractivity contribution in [3.8, 4) is 5.75 Å². The minimum Gasteiger partial charge on any atom is -0.508 e. The molecule has 1 aromatic rings. The van der Waals surface area contributed by atoms with Crippen molar-refractivity contribution < 1.29 is 10.2 Å². The first-order chi connectivity index (χ1) is 9.92. The molecule has 0 radical (unpaired) electrons. The Bertz CT molecular complexity index is 577. The van der Waals surface area contributed by atoms with Crippen LogP contribution < -0.4 is 0 Å². The van der Waals surface area contributed by atoms with Crippen LogP contribution in [0.1, 0.15) is 56.2 Å². The van der Waals surface area contributed by atoms with E-state index in [4.69, 9.17) is 0 Å². The van der Waals surface area contributed by atoms with Gasteiger partial charge in [0.1, 0.15) is 5.75 Å². The fourth-order valence-corrected chi connectivity index (χ4v) is 4.58. The Morgan fingerprint density at radius 1 is 1.33 bits per heavy atom. The van der Waals surface area contributed by atoms with Gasteiger partial charge in [0.25, 0.3) is 0 Å². The van der Waals surface area contributed by atoms with Crippen LogP contribution in [0, 0.1) is 11.3 Å². The molecule has 0 saturated heterocycles. The highest BCUT2D eigenvalue weighted by Crippen LogP contribution is 2.56. The van der Waals surface area contributed by atoms with Crippen molar-refractivity contribution in [1.82, 2.24) is 0 Å². The molecule has 2 aliphatic carbocycles. The molecule has 0 amide bonds. The van der Waals surface area contributed by atoms with Crippen molar-refractivity contribution in [3.05, 3.63) is 41.5 Å². The molecule has 0 aromatic heterocycles. The molecule has 2 heteroatoms. The summed E-state index contributed by atoms with van der Waals surface area (Å²) in [5.41, 5.74) is 3.82. The maximum atomic E-state index is 10.0. The van der Waals surface area contributed by atoms with Gasteiger partial charge < -0.3 is 10.2 Å². The zero-order chi connectivity index (χ0) is 15.3. The number of phenols is 1. The lowest BCUT2D eigenvalue weighted by molar-refractivity contribution is 0.101. The Balaban J connectivity index is 2.07. The highest BCUT2D eigenvalue weighted by Gasteiger charge is 2.47. The minimum atomic E-state index is 0.0157. The lowest BCUT2D eigenvalue weighted by Crippen LogP contribution is -2.44. The molecule has 21 heavy (non-hydrogen) atoms. The molecule has 1 saturated carbocycles. The molecule has 2 nitrogen and oxygen atoms in total. The van der Waals surface area contributed by atoms with Crippen LogP contribution in [0.4, 0.5) is 0 Å². The van der Waals surface area contributed by atoms with E-state index in [2.05, 4.69) is 26.5 Å². The second kappa shape index (κ2) is 4.88. The Morgan fingerprint density at radius 2 is 2.10 bits per heavy atom. The number of allylic oxidation sites excluding steroid dienone is 1. The summed E-state index contributed by atoms with van der Waals surface area (Å²) < 4.78 is 0. The van der Waals surface area contributed by atoms with Crippen LogP contribution >= 0.6 is 0 Å². The summed E-state index contributed by atoms with van der Waals surface area (Å²) in [6.45, 7) is 8.71. The van der Waals surface area contributed by atoms with Gasteiger partial charge in [-0.1, -0.05) is 19.9 Å². The van der Waals surface area contributed by atoms with Crippen molar-refractivity contribution in [1.29, 1.82) is 0 Å². The molecule has 3 unspecified atom stereocenters. The maximum absolute atomic E-state index is 10.0. The lowest BCUT2D eigenvalue weighted by Gasteiger charge is -2.52. The third-order valence-corrected chi connectivity index (χ3v) is 6.18. The highest BCUT2D eigenvalue weighted by atomic mass is 16.3. The molecule has 1 aromatic carbocycles. The largest absolute Gasteiger partial charge is 0.508 e. The van der Waals surface area contributed by atoms with Gasteiger partial charge >= 0.3 is 0 Å². The summed E-state index contributed by atoms with van der Waals surface area (Å²) in [6, 6.07) is 3.66. The number of hydrogen-bond acceptors (Lipinski definition) is 2. The van der Waals surface area contributed by atoms with Gasteiger partial charge in [-0.25, -0.2) is 0 Å². The van der Waals surface area contributed by atoms with Crippen LogP contribution in [0.25, 0.3) is 0 Å². The number of aliphatic hydroxyl groups excluding tert-OH is 1. The third kappa shape index (κ3) is 2.20. The van der Waals surface area contributed by atoms with Crippen molar-refractivity contribution >= 4 is 0 Å². The Labute approximate surface area is 127 Å². The second-order valence-corrected chi connectivity index (χ2v) is 7.50. The Morgan fingerprint density at radius 3 is 2.76 bits per heavy atom. The molecule has 2 aliphatic rings. The lowest BCUT2D eigenvalue weighted by atomic mass is 9.53. The van der Waals surface area contributed by atoms with Crippen LogP contribution in [0.5, 0.6) is 5.75 Å². The summed E-state index contributed by atoms with van der Waals surface area (Å²) in [5, 5.41) is 19.6. The van der Waals surface area contributed by atoms with Crippen molar-refractivity contribution in [3.63, 3.8) is 0 Å². The van der Waals surface area contributed by atoms with Gasteiger partial charge in [0.15, 0.2) is 0 Å². The van der Waals surface area contributed by atoms with Gasteiger partial charge in [0.05, 0.1) is 6.61 Å². The van der Waals surface area contributed by atoms with Gasteiger partial charge in [-0.15, -0.1) is 6.58 Å². The van der Waals surface area contributed by atoms with Crippen molar-refractivity contribution in [2.24, 2.45) is 11.3 Å². The first kappa shape index (κ1) is 14.6. The SMILES string of the molecule is C=CC1(C)CCC2(C)c3cc(O)cc(CO)c3CCC2C1. The molecule has 2 N–H and O–H groups in total. The molecule has 3 atom stereocenters. The molecular weight excluding hydrogens is 260 g/mol. The maximum Gasteiger partial charge on any atom is 0.116 e. The van der Waals surface area contributed by atoms with Crippen LogP contribution in [0.3, 0.4) is 0 Å². The second-order valence-electron chi connectivity index (χ2n) is 7.50. The number of rotatable bonds is 2. The van der Waals surface area contributed by atoms with Gasteiger partial charge in [-0.2, -0.15) is 0 Å². The summed E-state index contributed by atoms with van der Waals surface area (Å²) in [7, 11) is 0. The molecule has 0 spiro atoms. The molecule has 0 aliphatic heterocycles. The number of hydrogen-bond donors (Lipinski definition) is 2. The predicted molar refractivity (Wildman–Crippen MR) is 85.3 cm³/mol. The predicted octanol–water partition coefficient (Wildman–Crippen LogP) is 4.08. The van der Waals surface area contributed by atoms with Crippen molar-refractivity contribution in [2.75, 3.05) is 0 Å². The van der Waals surface area contributed by atoms with Crippen LogP contribution in [0.2, 0.25) is 0 Å². The van der Waals surface area contributed by atoms with Gasteiger partial charge in [0.2, 0.25) is 0 Å². The van der Waals surface area contributed by atoms with Gasteiger partial charge in [-0.3, -0.25) is 0 Å². The molecular formula is C19H26O2. The third-order valence-electron chi connectivity index (χ3n) is 6.18. The first-order valence-electron chi connectivity index (χ1n) is 8.01. The monoisotopic (exact) mass is 286 g/mol. The zero-order valence-corrected chi connectivity index (χ0v) is 13.2. The first-order valence-corrected chi connectivity index (χ1v) is 8.01. The average molecular weight is 286 g/mol. The highest BCUT2D eigenvalue weighted by molar-refractivity contribution is 5.47. The summed E-state index contributed by atoms with van der Waals surface area (Å²) in [5.74, 6) is 0.923. The minimum absolute atomic E-state index is 0.0157. The zero-order valence-electron chi connectivity index (χ0n) is 13.2. The van der Waals surface area contributed by atoms with E-state index in [9.17, 15) is 10.2 Å². The molecule has 3 rings (SSSR count). The van der Waals surface area contributed by atoms with E-state index in [1.165, 1.54) is 24.0 Å². The Kier molecular flexibility index (Phi) is 3.40. The fourth-order valence-electron chi connectivity index (χ4n) is 4.58. The fraction of sp³-hybridized carbons (Fsp3) is 0.579. The summed E-state index contributed by atoms with van der Waals surface area (Å²) >= 11 is 0. The van der Waals surface area contributed by atoms with E-state index in [0.29, 0.717) is 5.92 Å². The molecule has 114 valence electrons. The average Bonchev–Trinajstić information content (AvgIpc) is 2.48. The van der Waals surface area contributed by atoms with Gasteiger partial charge in [-0.05, 0) is 77.7 Å². The van der Waals surface area contributed by atoms with Gasteiger partial charge in [0, 0.05) is 0 Å². The van der Waals surface area contributed by atoms with E-state index in [-0.39, 0.29) is 23.2 Å².